The zero-order chi connectivity index (χ0) is 8.97. The maximum absolute atomic E-state index is 5.41. The standard InChI is InChI=1S/C8H17N3O/c1-10-8(9)12-6-7-4-3-5-11(7)2/h7H,3-6H2,1-2H3,(H2,9,10)/t7-/m0/s1. The predicted molar refractivity (Wildman–Crippen MR) is 49.2 cm³/mol. The Balaban J connectivity index is 2.22. The van der Waals surface area contributed by atoms with E-state index in [1.807, 2.05) is 0 Å². The second kappa shape index (κ2) is 4.30. The third-order valence-electron chi connectivity index (χ3n) is 2.32. The molecular formula is C8H17N3O. The van der Waals surface area contributed by atoms with Crippen LogP contribution in [0.15, 0.2) is 4.99 Å². The first-order valence-corrected chi connectivity index (χ1v) is 4.29. The van der Waals surface area contributed by atoms with E-state index in [4.69, 9.17) is 10.5 Å². The molecule has 0 radical (unpaired) electrons. The van der Waals surface area contributed by atoms with Gasteiger partial charge in [0.25, 0.3) is 6.02 Å². The Morgan fingerprint density at radius 3 is 3.00 bits per heavy atom. The highest BCUT2D eigenvalue weighted by Gasteiger charge is 2.21. The topological polar surface area (TPSA) is 50.9 Å². The van der Waals surface area contributed by atoms with Crippen molar-refractivity contribution in [1.82, 2.24) is 4.90 Å². The summed E-state index contributed by atoms with van der Waals surface area (Å²) in [6, 6.07) is 0.806. The summed E-state index contributed by atoms with van der Waals surface area (Å²) in [7, 11) is 3.74. The molecule has 0 saturated carbocycles. The molecule has 1 aliphatic heterocycles. The molecular weight excluding hydrogens is 154 g/mol. The quantitative estimate of drug-likeness (QED) is 0.471. The lowest BCUT2D eigenvalue weighted by molar-refractivity contribution is 0.188. The number of rotatable bonds is 2. The van der Waals surface area contributed by atoms with Crippen LogP contribution in [-0.2, 0) is 4.74 Å². The minimum Gasteiger partial charge on any atom is -0.464 e. The molecule has 0 aromatic rings. The number of likely N-dealkylation sites (tertiary alicyclic amines) is 1. The fraction of sp³-hybridized carbons (Fsp3) is 0.875. The van der Waals surface area contributed by atoms with Crippen molar-refractivity contribution >= 4 is 6.02 Å². The molecule has 0 bridgehead atoms. The molecule has 0 aromatic carbocycles. The lowest BCUT2D eigenvalue weighted by Gasteiger charge is -2.18. The van der Waals surface area contributed by atoms with Crippen molar-refractivity contribution in [3.63, 3.8) is 0 Å². The largest absolute Gasteiger partial charge is 0.464 e. The molecule has 2 N–H and O–H groups in total. The molecule has 0 aromatic heterocycles. The summed E-state index contributed by atoms with van der Waals surface area (Å²) in [5, 5.41) is 0. The van der Waals surface area contributed by atoms with E-state index < -0.39 is 0 Å². The van der Waals surface area contributed by atoms with Crippen LogP contribution in [0.5, 0.6) is 0 Å². The van der Waals surface area contributed by atoms with Gasteiger partial charge in [0.2, 0.25) is 0 Å². The zero-order valence-electron chi connectivity index (χ0n) is 7.79. The van der Waals surface area contributed by atoms with Crippen LogP contribution in [0.4, 0.5) is 0 Å². The minimum absolute atomic E-state index is 0.287. The summed E-state index contributed by atoms with van der Waals surface area (Å²) in [5.41, 5.74) is 5.41. The fourth-order valence-electron chi connectivity index (χ4n) is 1.44. The van der Waals surface area contributed by atoms with Crippen LogP contribution >= 0.6 is 0 Å². The molecule has 70 valence electrons. The van der Waals surface area contributed by atoms with Crippen LogP contribution in [-0.4, -0.2) is 44.2 Å². The molecule has 0 amide bonds. The van der Waals surface area contributed by atoms with Gasteiger partial charge in [0.05, 0.1) is 0 Å². The summed E-state index contributed by atoms with van der Waals surface area (Å²) < 4.78 is 5.23. The molecule has 4 heteroatoms. The van der Waals surface area contributed by atoms with Crippen LogP contribution in [0.2, 0.25) is 0 Å². The van der Waals surface area contributed by atoms with Gasteiger partial charge in [0.1, 0.15) is 6.61 Å². The number of nitrogens with two attached hydrogens (primary N) is 1. The van der Waals surface area contributed by atoms with E-state index in [1.165, 1.54) is 12.8 Å². The minimum atomic E-state index is 0.287. The molecule has 0 unspecified atom stereocenters. The molecule has 12 heavy (non-hydrogen) atoms. The number of ether oxygens (including phenoxy) is 1. The molecule has 1 atom stereocenters. The Morgan fingerprint density at radius 2 is 2.50 bits per heavy atom. The maximum Gasteiger partial charge on any atom is 0.281 e. The second-order valence-electron chi connectivity index (χ2n) is 3.15. The normalized spacial score (nSPS) is 26.2. The van der Waals surface area contributed by atoms with E-state index in [-0.39, 0.29) is 6.02 Å². The van der Waals surface area contributed by atoms with Gasteiger partial charge in [-0.3, -0.25) is 0 Å². The number of aliphatic imine (C=N–C) groups is 1. The molecule has 1 aliphatic rings. The second-order valence-corrected chi connectivity index (χ2v) is 3.15. The highest BCUT2D eigenvalue weighted by molar-refractivity contribution is 5.71. The summed E-state index contributed by atoms with van der Waals surface area (Å²) in [4.78, 5) is 6.02. The van der Waals surface area contributed by atoms with Gasteiger partial charge in [-0.25, -0.2) is 4.99 Å². The number of amidine groups is 1. The van der Waals surface area contributed by atoms with E-state index >= 15 is 0 Å². The van der Waals surface area contributed by atoms with Crippen LogP contribution in [0.25, 0.3) is 0 Å². The van der Waals surface area contributed by atoms with Crippen molar-refractivity contribution in [3.05, 3.63) is 0 Å². The van der Waals surface area contributed by atoms with Crippen molar-refractivity contribution in [2.75, 3.05) is 27.2 Å². The van der Waals surface area contributed by atoms with Crippen LogP contribution in [0, 0.1) is 0 Å². The van der Waals surface area contributed by atoms with Crippen molar-refractivity contribution in [3.8, 4) is 0 Å². The molecule has 0 aliphatic carbocycles. The van der Waals surface area contributed by atoms with Gasteiger partial charge in [-0.05, 0) is 26.4 Å². The van der Waals surface area contributed by atoms with Gasteiger partial charge in [0, 0.05) is 13.1 Å². The van der Waals surface area contributed by atoms with Gasteiger partial charge in [-0.1, -0.05) is 0 Å². The summed E-state index contributed by atoms with van der Waals surface area (Å²) >= 11 is 0. The summed E-state index contributed by atoms with van der Waals surface area (Å²) in [5.74, 6) is 0. The highest BCUT2D eigenvalue weighted by Crippen LogP contribution is 2.14. The number of likely N-dealkylation sites (N-methyl/N-ethyl adjacent to an activating group) is 1. The van der Waals surface area contributed by atoms with E-state index in [0.29, 0.717) is 12.6 Å². The number of hydrogen-bond acceptors (Lipinski definition) is 3. The maximum atomic E-state index is 5.41. The average molecular weight is 171 g/mol. The molecule has 1 heterocycles. The molecule has 1 saturated heterocycles. The van der Waals surface area contributed by atoms with E-state index in [9.17, 15) is 0 Å². The van der Waals surface area contributed by atoms with Crippen LogP contribution in [0.1, 0.15) is 12.8 Å². The Hall–Kier alpha value is -0.770. The van der Waals surface area contributed by atoms with Gasteiger partial charge in [-0.15, -0.1) is 0 Å². The van der Waals surface area contributed by atoms with Crippen molar-refractivity contribution in [2.45, 2.75) is 18.9 Å². The Labute approximate surface area is 73.4 Å². The van der Waals surface area contributed by atoms with Crippen LogP contribution in [0.3, 0.4) is 0 Å². The van der Waals surface area contributed by atoms with Gasteiger partial charge in [-0.2, -0.15) is 0 Å². The Morgan fingerprint density at radius 1 is 1.75 bits per heavy atom. The smallest absolute Gasteiger partial charge is 0.281 e. The SMILES string of the molecule is CN=C(N)OC[C@@H]1CCCN1C. The van der Waals surface area contributed by atoms with E-state index in [2.05, 4.69) is 16.9 Å². The first kappa shape index (κ1) is 9.32. The number of nitrogens with zero attached hydrogens (tertiary/aromatic N) is 2. The third kappa shape index (κ3) is 2.37. The fourth-order valence-corrected chi connectivity index (χ4v) is 1.44. The lowest BCUT2D eigenvalue weighted by Crippen LogP contribution is -2.32. The molecule has 0 spiro atoms. The van der Waals surface area contributed by atoms with E-state index in [1.54, 1.807) is 7.05 Å². The highest BCUT2D eigenvalue weighted by atomic mass is 16.5. The van der Waals surface area contributed by atoms with Crippen LogP contribution < -0.4 is 5.73 Å². The Bertz CT molecular complexity index is 170. The first-order valence-electron chi connectivity index (χ1n) is 4.29. The first-order chi connectivity index (χ1) is 5.74. The zero-order valence-corrected chi connectivity index (χ0v) is 7.79. The lowest BCUT2D eigenvalue weighted by atomic mass is 10.2. The third-order valence-corrected chi connectivity index (χ3v) is 2.32. The van der Waals surface area contributed by atoms with Crippen molar-refractivity contribution < 1.29 is 4.74 Å². The Kier molecular flexibility index (Phi) is 3.34. The predicted octanol–water partition coefficient (Wildman–Crippen LogP) is 0.0417. The van der Waals surface area contributed by atoms with Crippen molar-refractivity contribution in [1.29, 1.82) is 0 Å². The number of hydrogen-bond donors (Lipinski definition) is 1. The average Bonchev–Trinajstić information content (AvgIpc) is 2.47. The molecule has 4 nitrogen and oxygen atoms in total. The van der Waals surface area contributed by atoms with Gasteiger partial charge < -0.3 is 15.4 Å². The monoisotopic (exact) mass is 171 g/mol. The summed E-state index contributed by atoms with van der Waals surface area (Å²) in [6.45, 7) is 1.83. The van der Waals surface area contributed by atoms with Crippen molar-refractivity contribution in [2.24, 2.45) is 10.7 Å². The van der Waals surface area contributed by atoms with E-state index in [0.717, 1.165) is 6.54 Å². The molecule has 1 rings (SSSR count). The summed E-state index contributed by atoms with van der Waals surface area (Å²) in [6.07, 6.45) is 2.46. The molecule has 1 fully saturated rings. The van der Waals surface area contributed by atoms with Gasteiger partial charge in [0.15, 0.2) is 0 Å². The van der Waals surface area contributed by atoms with Gasteiger partial charge >= 0.3 is 0 Å².